The number of nitrogens with zero attached hydrogens (tertiary/aromatic N) is 1. The zero-order valence-electron chi connectivity index (χ0n) is 11.8. The molecule has 0 bridgehead atoms. The highest BCUT2D eigenvalue weighted by Crippen LogP contribution is 2.33. The maximum Gasteiger partial charge on any atom is 0.161 e. The van der Waals surface area contributed by atoms with Crippen LogP contribution in [0.3, 0.4) is 0 Å². The van der Waals surface area contributed by atoms with E-state index >= 15 is 0 Å². The molecule has 1 atom stereocenters. The molecule has 19 heavy (non-hydrogen) atoms. The molecule has 1 heterocycles. The molecular formula is C15H22N2OS. The van der Waals surface area contributed by atoms with Gasteiger partial charge in [0, 0.05) is 5.25 Å². The first-order valence-electron chi connectivity index (χ1n) is 6.89. The van der Waals surface area contributed by atoms with Crippen LogP contribution in [0, 0.1) is 5.92 Å². The Balaban J connectivity index is 1.98. The topological polar surface area (TPSA) is 33.6 Å². The number of amidine groups is 1. The summed E-state index contributed by atoms with van der Waals surface area (Å²) in [7, 11) is 1.69. The lowest BCUT2D eigenvalue weighted by Gasteiger charge is -2.18. The Morgan fingerprint density at radius 2 is 2.11 bits per heavy atom. The van der Waals surface area contributed by atoms with Crippen LogP contribution in [0.2, 0.25) is 0 Å². The predicted molar refractivity (Wildman–Crippen MR) is 84.4 cm³/mol. The zero-order valence-corrected chi connectivity index (χ0v) is 12.7. The van der Waals surface area contributed by atoms with Gasteiger partial charge in [-0.15, -0.1) is 0 Å². The Bertz CT molecular complexity index is 444. The van der Waals surface area contributed by atoms with Gasteiger partial charge in [-0.3, -0.25) is 4.99 Å². The Hall–Kier alpha value is -1.16. The molecule has 1 aliphatic heterocycles. The van der Waals surface area contributed by atoms with Gasteiger partial charge in [0.2, 0.25) is 0 Å². The van der Waals surface area contributed by atoms with Gasteiger partial charge < -0.3 is 10.1 Å². The van der Waals surface area contributed by atoms with Crippen LogP contribution >= 0.6 is 11.8 Å². The van der Waals surface area contributed by atoms with Gasteiger partial charge in [0.1, 0.15) is 5.75 Å². The van der Waals surface area contributed by atoms with Crippen molar-refractivity contribution in [1.29, 1.82) is 0 Å². The summed E-state index contributed by atoms with van der Waals surface area (Å²) in [4.78, 5) is 4.62. The van der Waals surface area contributed by atoms with E-state index in [1.807, 2.05) is 36.0 Å². The maximum absolute atomic E-state index is 5.35. The summed E-state index contributed by atoms with van der Waals surface area (Å²) in [6, 6.07) is 7.96. The fourth-order valence-corrected chi connectivity index (χ4v) is 3.71. The molecule has 4 heteroatoms. The van der Waals surface area contributed by atoms with Gasteiger partial charge in [-0.25, -0.2) is 0 Å². The minimum Gasteiger partial charge on any atom is -0.495 e. The van der Waals surface area contributed by atoms with Crippen LogP contribution in [-0.2, 0) is 0 Å². The normalized spacial score (nSPS) is 18.5. The molecule has 3 nitrogen and oxygen atoms in total. The Morgan fingerprint density at radius 3 is 2.79 bits per heavy atom. The molecule has 1 aromatic rings. The number of nitrogens with one attached hydrogen (secondary N) is 1. The van der Waals surface area contributed by atoms with E-state index in [0.29, 0.717) is 5.25 Å². The van der Waals surface area contributed by atoms with Gasteiger partial charge in [0.25, 0.3) is 0 Å². The number of ether oxygens (including phenoxy) is 1. The molecule has 1 aromatic carbocycles. The van der Waals surface area contributed by atoms with Crippen molar-refractivity contribution in [3.8, 4) is 5.75 Å². The molecule has 1 unspecified atom stereocenters. The summed E-state index contributed by atoms with van der Waals surface area (Å²) in [5, 5.41) is 5.01. The van der Waals surface area contributed by atoms with Gasteiger partial charge >= 0.3 is 0 Å². The van der Waals surface area contributed by atoms with Gasteiger partial charge in [-0.05, 0) is 18.1 Å². The van der Waals surface area contributed by atoms with E-state index in [1.165, 1.54) is 12.8 Å². The van der Waals surface area contributed by atoms with Crippen LogP contribution in [0.5, 0.6) is 5.75 Å². The minimum atomic E-state index is 0.618. The quantitative estimate of drug-likeness (QED) is 0.883. The van der Waals surface area contributed by atoms with Crippen molar-refractivity contribution in [3.63, 3.8) is 0 Å². The van der Waals surface area contributed by atoms with Gasteiger partial charge in [-0.2, -0.15) is 0 Å². The zero-order chi connectivity index (χ0) is 13.7. The second-order valence-corrected chi connectivity index (χ2v) is 5.93. The summed E-state index contributed by atoms with van der Waals surface area (Å²) in [6.07, 6.45) is 2.46. The molecule has 0 fully saturated rings. The molecule has 104 valence electrons. The minimum absolute atomic E-state index is 0.618. The standard InChI is InChI=1S/C15H22N2OS/c1-4-11(5-2)14-10-16-15(19-14)17-12-8-6-7-9-13(12)18-3/h6-9,11,14H,4-5,10H2,1-3H3,(H,16,17). The average molecular weight is 278 g/mol. The number of para-hydroxylation sites is 2. The Labute approximate surface area is 119 Å². The average Bonchev–Trinajstić information content (AvgIpc) is 2.89. The molecule has 1 aliphatic rings. The summed E-state index contributed by atoms with van der Waals surface area (Å²) in [5.74, 6) is 1.61. The summed E-state index contributed by atoms with van der Waals surface area (Å²) in [6.45, 7) is 5.45. The fourth-order valence-electron chi connectivity index (χ4n) is 2.38. The van der Waals surface area contributed by atoms with E-state index in [9.17, 15) is 0 Å². The molecular weight excluding hydrogens is 256 g/mol. The van der Waals surface area contributed by atoms with Crippen LogP contribution in [0.25, 0.3) is 0 Å². The van der Waals surface area contributed by atoms with Crippen LogP contribution < -0.4 is 10.1 Å². The molecule has 2 rings (SSSR count). The van der Waals surface area contributed by atoms with Crippen LogP contribution in [0.4, 0.5) is 5.69 Å². The molecule has 0 saturated carbocycles. The number of methoxy groups -OCH3 is 1. The van der Waals surface area contributed by atoms with E-state index in [4.69, 9.17) is 4.74 Å². The number of benzene rings is 1. The van der Waals surface area contributed by atoms with E-state index in [0.717, 1.165) is 29.1 Å². The second kappa shape index (κ2) is 6.85. The van der Waals surface area contributed by atoms with Crippen LogP contribution in [0.1, 0.15) is 26.7 Å². The van der Waals surface area contributed by atoms with Crippen molar-refractivity contribution in [2.45, 2.75) is 31.9 Å². The van der Waals surface area contributed by atoms with Crippen molar-refractivity contribution < 1.29 is 4.74 Å². The third kappa shape index (κ3) is 3.44. The highest BCUT2D eigenvalue weighted by atomic mass is 32.2. The first kappa shape index (κ1) is 14.3. The summed E-state index contributed by atoms with van der Waals surface area (Å²) >= 11 is 1.87. The highest BCUT2D eigenvalue weighted by Gasteiger charge is 2.26. The number of anilines is 1. The lowest BCUT2D eigenvalue weighted by atomic mass is 9.99. The van der Waals surface area contributed by atoms with Crippen molar-refractivity contribution in [1.82, 2.24) is 0 Å². The molecule has 0 spiro atoms. The molecule has 0 aliphatic carbocycles. The number of hydrogen-bond donors (Lipinski definition) is 1. The predicted octanol–water partition coefficient (Wildman–Crippen LogP) is 4.01. The molecule has 0 saturated heterocycles. The van der Waals surface area contributed by atoms with E-state index in [-0.39, 0.29) is 0 Å². The van der Waals surface area contributed by atoms with Crippen LogP contribution in [-0.4, -0.2) is 24.1 Å². The molecule has 0 aromatic heterocycles. The maximum atomic E-state index is 5.35. The van der Waals surface area contributed by atoms with Gasteiger partial charge in [-0.1, -0.05) is 50.6 Å². The van der Waals surface area contributed by atoms with Gasteiger partial charge in [0.05, 0.1) is 19.3 Å². The molecule has 0 radical (unpaired) electrons. The van der Waals surface area contributed by atoms with Crippen molar-refractivity contribution >= 4 is 22.6 Å². The lowest BCUT2D eigenvalue weighted by molar-refractivity contribution is 0.417. The van der Waals surface area contributed by atoms with Crippen molar-refractivity contribution in [2.75, 3.05) is 19.0 Å². The first-order chi connectivity index (χ1) is 9.28. The van der Waals surface area contributed by atoms with Crippen molar-refractivity contribution in [2.24, 2.45) is 10.9 Å². The summed E-state index contributed by atoms with van der Waals surface area (Å²) in [5.41, 5.74) is 0.987. The number of rotatable bonds is 5. The third-order valence-corrected chi connectivity index (χ3v) is 4.89. The molecule has 1 N–H and O–H groups in total. The fraction of sp³-hybridized carbons (Fsp3) is 0.533. The monoisotopic (exact) mass is 278 g/mol. The highest BCUT2D eigenvalue weighted by molar-refractivity contribution is 8.15. The van der Waals surface area contributed by atoms with E-state index in [2.05, 4.69) is 24.2 Å². The van der Waals surface area contributed by atoms with Crippen molar-refractivity contribution in [3.05, 3.63) is 24.3 Å². The smallest absolute Gasteiger partial charge is 0.161 e. The Kier molecular flexibility index (Phi) is 5.14. The van der Waals surface area contributed by atoms with Gasteiger partial charge in [0.15, 0.2) is 5.17 Å². The SMILES string of the molecule is CCC(CC)C1CN=C(Nc2ccccc2OC)S1. The van der Waals surface area contributed by atoms with E-state index < -0.39 is 0 Å². The second-order valence-electron chi connectivity index (χ2n) is 4.70. The molecule has 0 amide bonds. The summed E-state index contributed by atoms with van der Waals surface area (Å²) < 4.78 is 5.35. The number of thioether (sulfide) groups is 1. The first-order valence-corrected chi connectivity index (χ1v) is 7.77. The number of aliphatic imine (C=N–C) groups is 1. The number of hydrogen-bond acceptors (Lipinski definition) is 4. The third-order valence-electron chi connectivity index (χ3n) is 3.60. The van der Waals surface area contributed by atoms with E-state index in [1.54, 1.807) is 7.11 Å². The lowest BCUT2D eigenvalue weighted by Crippen LogP contribution is -2.17. The van der Waals surface area contributed by atoms with Crippen LogP contribution in [0.15, 0.2) is 29.3 Å². The Morgan fingerprint density at radius 1 is 1.37 bits per heavy atom. The largest absolute Gasteiger partial charge is 0.495 e.